The van der Waals surface area contributed by atoms with Gasteiger partial charge in [0, 0.05) is 26.8 Å². The van der Waals surface area contributed by atoms with Crippen LogP contribution in [0.2, 0.25) is 0 Å². The van der Waals surface area contributed by atoms with E-state index < -0.39 is 0 Å². The molecule has 0 spiro atoms. The molecule has 4 rings (SSSR count). The summed E-state index contributed by atoms with van der Waals surface area (Å²) in [5.41, 5.74) is 3.39. The van der Waals surface area contributed by atoms with E-state index in [4.69, 9.17) is 16.2 Å². The molecule has 1 N–H and O–H groups in total. The number of benzene rings is 2. The number of nitrogens with zero attached hydrogens (tertiary/aromatic N) is 1. The van der Waals surface area contributed by atoms with E-state index in [0.29, 0.717) is 11.3 Å². The van der Waals surface area contributed by atoms with E-state index >= 15 is 0 Å². The van der Waals surface area contributed by atoms with Crippen LogP contribution >= 0.6 is 49.9 Å². The Morgan fingerprint density at radius 3 is 2.84 bits per heavy atom. The first-order valence-corrected chi connectivity index (χ1v) is 12.9. The average Bonchev–Trinajstić information content (AvgIpc) is 3.16. The van der Waals surface area contributed by atoms with Crippen LogP contribution in [0.15, 0.2) is 51.9 Å². The fourth-order valence-electron chi connectivity index (χ4n) is 3.66. The molecule has 2 aromatic carbocycles. The van der Waals surface area contributed by atoms with Gasteiger partial charge in [-0.25, -0.2) is 4.99 Å². The van der Waals surface area contributed by atoms with Gasteiger partial charge in [-0.15, -0.1) is 17.8 Å². The van der Waals surface area contributed by atoms with Gasteiger partial charge in [0.25, 0.3) is 5.91 Å². The van der Waals surface area contributed by atoms with E-state index in [-0.39, 0.29) is 12.5 Å². The summed E-state index contributed by atoms with van der Waals surface area (Å²) in [5.74, 6) is 3.08. The molecule has 0 fully saturated rings. The summed E-state index contributed by atoms with van der Waals surface area (Å²) in [6, 6.07) is 13.4. The maximum Gasteiger partial charge on any atom is 0.259 e. The van der Waals surface area contributed by atoms with Crippen molar-refractivity contribution in [3.05, 3.63) is 72.1 Å². The quantitative estimate of drug-likeness (QED) is 0.184. The van der Waals surface area contributed by atoms with Gasteiger partial charge in [0.2, 0.25) is 0 Å². The summed E-state index contributed by atoms with van der Waals surface area (Å²) in [6.07, 6.45) is 11.3. The molecule has 1 heterocycles. The standard InChI is InChI=1S/C25H20BrIN2O2S/c1-2-12-31-23-16(13-17(26)14-20(23)27)15-28-25-22(19-10-6-7-11-21(19)32-25)24(30)29-18-8-4-3-5-9-18/h1,3-5,8-9,13-15H,6-7,10-12H2,(H,29,30). The topological polar surface area (TPSA) is 50.7 Å². The fourth-order valence-corrected chi connectivity index (χ4v) is 6.60. The molecule has 4 nitrogen and oxygen atoms in total. The van der Waals surface area contributed by atoms with Gasteiger partial charge in [-0.3, -0.25) is 4.79 Å². The first-order valence-electron chi connectivity index (χ1n) is 10.2. The molecule has 0 aliphatic heterocycles. The van der Waals surface area contributed by atoms with Gasteiger partial charge in [-0.05, 0) is 78.1 Å². The van der Waals surface area contributed by atoms with E-state index in [9.17, 15) is 4.79 Å². The Balaban J connectivity index is 1.72. The molecular weight excluding hydrogens is 599 g/mol. The zero-order valence-corrected chi connectivity index (χ0v) is 21.7. The van der Waals surface area contributed by atoms with Gasteiger partial charge in [-0.2, -0.15) is 0 Å². The molecule has 32 heavy (non-hydrogen) atoms. The van der Waals surface area contributed by atoms with Crippen LogP contribution in [-0.4, -0.2) is 18.7 Å². The van der Waals surface area contributed by atoms with Crippen molar-refractivity contribution in [3.63, 3.8) is 0 Å². The van der Waals surface area contributed by atoms with Crippen molar-refractivity contribution in [3.8, 4) is 18.1 Å². The second-order valence-electron chi connectivity index (χ2n) is 7.27. The van der Waals surface area contributed by atoms with Gasteiger partial charge in [-0.1, -0.05) is 40.0 Å². The molecule has 7 heteroatoms. The molecule has 0 saturated heterocycles. The lowest BCUT2D eigenvalue weighted by molar-refractivity contribution is 0.102. The summed E-state index contributed by atoms with van der Waals surface area (Å²) in [7, 11) is 0. The molecule has 1 aromatic heterocycles. The molecule has 0 saturated carbocycles. The number of amides is 1. The minimum absolute atomic E-state index is 0.115. The summed E-state index contributed by atoms with van der Waals surface area (Å²) >= 11 is 7.36. The SMILES string of the molecule is C#CCOc1c(I)cc(Br)cc1C=Nc1sc2c(c1C(=O)Nc1ccccc1)CCCC2. The first-order chi connectivity index (χ1) is 15.6. The molecule has 0 unspecified atom stereocenters. The van der Waals surface area contributed by atoms with Gasteiger partial charge in [0.05, 0.1) is 9.13 Å². The number of fused-ring (bicyclic) bond motifs is 1. The van der Waals surface area contributed by atoms with Crippen molar-refractivity contribution >= 4 is 72.7 Å². The number of ether oxygens (including phenoxy) is 1. The zero-order chi connectivity index (χ0) is 22.5. The van der Waals surface area contributed by atoms with Crippen LogP contribution in [0.4, 0.5) is 10.7 Å². The van der Waals surface area contributed by atoms with E-state index in [1.807, 2.05) is 42.5 Å². The third kappa shape index (κ3) is 5.25. The highest BCUT2D eigenvalue weighted by Gasteiger charge is 2.25. The number of anilines is 1. The normalized spacial score (nSPS) is 12.9. The average molecular weight is 619 g/mol. The molecule has 0 bridgehead atoms. The lowest BCUT2D eigenvalue weighted by Gasteiger charge is -2.13. The minimum Gasteiger partial charge on any atom is -0.479 e. The molecular formula is C25H20BrIN2O2S. The molecule has 0 radical (unpaired) electrons. The van der Waals surface area contributed by atoms with Crippen LogP contribution < -0.4 is 10.1 Å². The van der Waals surface area contributed by atoms with Gasteiger partial charge >= 0.3 is 0 Å². The van der Waals surface area contributed by atoms with Crippen LogP contribution in [0.5, 0.6) is 5.75 Å². The Hall–Kier alpha value is -2.15. The number of thiophene rings is 1. The Bertz CT molecular complexity index is 1210. The smallest absolute Gasteiger partial charge is 0.259 e. The summed E-state index contributed by atoms with van der Waals surface area (Å²) in [6.45, 7) is 0.177. The predicted octanol–water partition coefficient (Wildman–Crippen LogP) is 7.01. The molecule has 0 atom stereocenters. The number of carbonyl (C=O) groups excluding carboxylic acids is 1. The van der Waals surface area contributed by atoms with E-state index in [2.05, 4.69) is 49.8 Å². The fraction of sp³-hybridized carbons (Fsp3) is 0.200. The molecule has 1 aliphatic carbocycles. The second kappa shape index (κ2) is 10.6. The number of hydrogen-bond acceptors (Lipinski definition) is 4. The van der Waals surface area contributed by atoms with Crippen molar-refractivity contribution in [2.24, 2.45) is 4.99 Å². The highest BCUT2D eigenvalue weighted by Crippen LogP contribution is 2.40. The lowest BCUT2D eigenvalue weighted by Crippen LogP contribution is -2.14. The highest BCUT2D eigenvalue weighted by atomic mass is 127. The molecule has 162 valence electrons. The first kappa shape index (κ1) is 23.0. The monoisotopic (exact) mass is 618 g/mol. The maximum atomic E-state index is 13.3. The third-order valence-corrected chi connectivity index (χ3v) is 7.53. The third-order valence-electron chi connectivity index (χ3n) is 5.07. The van der Waals surface area contributed by atoms with Crippen molar-refractivity contribution < 1.29 is 9.53 Å². The van der Waals surface area contributed by atoms with Crippen LogP contribution in [0.3, 0.4) is 0 Å². The number of aliphatic imine (C=N–C) groups is 1. The van der Waals surface area contributed by atoms with Crippen molar-refractivity contribution in [2.75, 3.05) is 11.9 Å². The summed E-state index contributed by atoms with van der Waals surface area (Å²) in [5, 5.41) is 3.75. The Morgan fingerprint density at radius 2 is 2.06 bits per heavy atom. The Morgan fingerprint density at radius 1 is 1.28 bits per heavy atom. The molecule has 3 aromatic rings. The number of nitrogens with one attached hydrogen (secondary N) is 1. The maximum absolute atomic E-state index is 13.3. The van der Waals surface area contributed by atoms with E-state index in [1.54, 1.807) is 17.6 Å². The summed E-state index contributed by atoms with van der Waals surface area (Å²) < 4.78 is 7.62. The number of para-hydroxylation sites is 1. The summed E-state index contributed by atoms with van der Waals surface area (Å²) in [4.78, 5) is 19.3. The van der Waals surface area contributed by atoms with Gasteiger partial charge < -0.3 is 10.1 Å². The lowest BCUT2D eigenvalue weighted by atomic mass is 9.95. The number of carbonyl (C=O) groups is 1. The van der Waals surface area contributed by atoms with Gasteiger partial charge in [0.1, 0.15) is 17.4 Å². The zero-order valence-electron chi connectivity index (χ0n) is 17.2. The molecule has 1 amide bonds. The number of halogens is 2. The Kier molecular flexibility index (Phi) is 7.66. The highest BCUT2D eigenvalue weighted by molar-refractivity contribution is 14.1. The van der Waals surface area contributed by atoms with Crippen molar-refractivity contribution in [1.29, 1.82) is 0 Å². The predicted molar refractivity (Wildman–Crippen MR) is 144 cm³/mol. The molecule has 1 aliphatic rings. The largest absolute Gasteiger partial charge is 0.479 e. The van der Waals surface area contributed by atoms with Crippen LogP contribution in [0.25, 0.3) is 0 Å². The minimum atomic E-state index is -0.115. The second-order valence-corrected chi connectivity index (χ2v) is 10.4. The number of hydrogen-bond donors (Lipinski definition) is 1. The van der Waals surface area contributed by atoms with Crippen molar-refractivity contribution in [1.82, 2.24) is 0 Å². The number of aryl methyl sites for hydroxylation is 1. The Labute approximate surface area is 213 Å². The van der Waals surface area contributed by atoms with Crippen LogP contribution in [0, 0.1) is 15.9 Å². The van der Waals surface area contributed by atoms with Crippen LogP contribution in [-0.2, 0) is 12.8 Å². The van der Waals surface area contributed by atoms with E-state index in [1.165, 1.54) is 4.88 Å². The van der Waals surface area contributed by atoms with Crippen molar-refractivity contribution in [2.45, 2.75) is 25.7 Å². The number of rotatable bonds is 6. The van der Waals surface area contributed by atoms with E-state index in [0.717, 1.165) is 55.5 Å². The number of terminal acetylenes is 1. The van der Waals surface area contributed by atoms with Crippen LogP contribution in [0.1, 0.15) is 39.2 Å². The van der Waals surface area contributed by atoms with Gasteiger partial charge in [0.15, 0.2) is 0 Å².